The molecule has 4 nitrogen and oxygen atoms in total. The molecule has 0 aromatic rings. The number of nitriles is 1. The summed E-state index contributed by atoms with van der Waals surface area (Å²) in [6.07, 6.45) is 1.76. The van der Waals surface area contributed by atoms with Crippen LogP contribution < -0.4 is 0 Å². The van der Waals surface area contributed by atoms with E-state index in [1.807, 2.05) is 6.92 Å². The van der Waals surface area contributed by atoms with Gasteiger partial charge >= 0.3 is 0 Å². The highest BCUT2D eigenvalue weighted by Gasteiger charge is 2.53. The number of β-amino-alcohol motifs (C(OH)–C–C–N with tert-alkyl or cyclic N) is 1. The first-order chi connectivity index (χ1) is 7.09. The lowest BCUT2D eigenvalue weighted by atomic mass is 9.94. The number of carbonyl (C=O) groups is 1. The van der Waals surface area contributed by atoms with Crippen LogP contribution in [0.4, 0.5) is 0 Å². The number of likely N-dealkylation sites (tertiary alicyclic amines) is 1. The molecule has 1 N–H and O–H groups in total. The largest absolute Gasteiger partial charge is 0.391 e. The number of amides is 1. The van der Waals surface area contributed by atoms with E-state index >= 15 is 0 Å². The van der Waals surface area contributed by atoms with E-state index in [-0.39, 0.29) is 11.8 Å². The van der Waals surface area contributed by atoms with Gasteiger partial charge in [-0.1, -0.05) is 6.92 Å². The van der Waals surface area contributed by atoms with Crippen LogP contribution in [0.1, 0.15) is 26.2 Å². The van der Waals surface area contributed by atoms with Gasteiger partial charge in [-0.2, -0.15) is 5.26 Å². The highest BCUT2D eigenvalue weighted by molar-refractivity contribution is 5.88. The lowest BCUT2D eigenvalue weighted by Crippen LogP contribution is -2.48. The molecule has 1 amide bonds. The van der Waals surface area contributed by atoms with Gasteiger partial charge < -0.3 is 10.0 Å². The van der Waals surface area contributed by atoms with Crippen molar-refractivity contribution in [2.45, 2.75) is 32.3 Å². The van der Waals surface area contributed by atoms with Crippen LogP contribution >= 0.6 is 0 Å². The zero-order valence-electron chi connectivity index (χ0n) is 8.94. The van der Waals surface area contributed by atoms with Crippen molar-refractivity contribution in [3.8, 4) is 6.07 Å². The van der Waals surface area contributed by atoms with Gasteiger partial charge in [0.2, 0.25) is 5.91 Å². The Bertz CT molecular complexity index is 317. The third-order valence-electron chi connectivity index (χ3n) is 3.58. The molecule has 2 aliphatic rings. The fourth-order valence-electron chi connectivity index (χ4n) is 2.03. The van der Waals surface area contributed by atoms with Gasteiger partial charge in [0.15, 0.2) is 0 Å². The molecule has 0 spiro atoms. The van der Waals surface area contributed by atoms with Gasteiger partial charge in [0.1, 0.15) is 5.41 Å². The van der Waals surface area contributed by atoms with Crippen molar-refractivity contribution < 1.29 is 9.90 Å². The van der Waals surface area contributed by atoms with E-state index in [9.17, 15) is 9.90 Å². The minimum absolute atomic E-state index is 0.0732. The highest BCUT2D eigenvalue weighted by Crippen LogP contribution is 2.46. The number of piperidine rings is 1. The summed E-state index contributed by atoms with van der Waals surface area (Å²) in [6.45, 7) is 3.06. The smallest absolute Gasteiger partial charge is 0.243 e. The Morgan fingerprint density at radius 3 is 2.73 bits per heavy atom. The van der Waals surface area contributed by atoms with Crippen molar-refractivity contribution in [1.29, 1.82) is 5.26 Å². The molecule has 0 radical (unpaired) electrons. The van der Waals surface area contributed by atoms with Crippen LogP contribution in [0.25, 0.3) is 0 Å². The molecule has 0 bridgehead atoms. The Labute approximate surface area is 89.5 Å². The predicted molar refractivity (Wildman–Crippen MR) is 53.6 cm³/mol. The summed E-state index contributed by atoms with van der Waals surface area (Å²) < 4.78 is 0. The summed E-state index contributed by atoms with van der Waals surface area (Å²) in [5, 5.41) is 18.6. The van der Waals surface area contributed by atoms with Crippen molar-refractivity contribution in [3.63, 3.8) is 0 Å². The summed E-state index contributed by atoms with van der Waals surface area (Å²) in [5.74, 6) is 0.183. The van der Waals surface area contributed by atoms with E-state index in [1.165, 1.54) is 0 Å². The second-order valence-corrected chi connectivity index (χ2v) is 4.78. The molecule has 0 aromatic carbocycles. The minimum atomic E-state index is -0.736. The Kier molecular flexibility index (Phi) is 2.43. The number of rotatable bonds is 1. The Morgan fingerprint density at radius 2 is 2.27 bits per heavy atom. The van der Waals surface area contributed by atoms with Crippen molar-refractivity contribution in [1.82, 2.24) is 4.90 Å². The Morgan fingerprint density at radius 1 is 1.60 bits per heavy atom. The molecule has 4 heteroatoms. The number of aliphatic hydroxyl groups excluding tert-OH is 1. The van der Waals surface area contributed by atoms with E-state index < -0.39 is 11.5 Å². The van der Waals surface area contributed by atoms with Gasteiger partial charge in [-0.3, -0.25) is 4.79 Å². The summed E-state index contributed by atoms with van der Waals surface area (Å²) in [7, 11) is 0. The minimum Gasteiger partial charge on any atom is -0.391 e. The van der Waals surface area contributed by atoms with Crippen molar-refractivity contribution in [2.75, 3.05) is 13.1 Å². The maximum atomic E-state index is 12.0. The lowest BCUT2D eigenvalue weighted by Gasteiger charge is -2.35. The average molecular weight is 208 g/mol. The molecule has 1 aliphatic carbocycles. The van der Waals surface area contributed by atoms with Crippen LogP contribution in [0.5, 0.6) is 0 Å². The average Bonchev–Trinajstić information content (AvgIpc) is 3.02. The van der Waals surface area contributed by atoms with Gasteiger partial charge in [-0.15, -0.1) is 0 Å². The zero-order chi connectivity index (χ0) is 11.1. The fourth-order valence-corrected chi connectivity index (χ4v) is 2.03. The summed E-state index contributed by atoms with van der Waals surface area (Å²) in [6, 6.07) is 2.10. The van der Waals surface area contributed by atoms with Crippen molar-refractivity contribution in [3.05, 3.63) is 0 Å². The van der Waals surface area contributed by atoms with E-state index in [1.54, 1.807) is 4.90 Å². The summed E-state index contributed by atoms with van der Waals surface area (Å²) in [4.78, 5) is 13.6. The molecule has 15 heavy (non-hydrogen) atoms. The standard InChI is InChI=1S/C11H16N2O2/c1-8-2-5-13(6-9(8)14)10(15)11(7-12)3-4-11/h8-9,14H,2-6H2,1H3. The molecule has 1 heterocycles. The van der Waals surface area contributed by atoms with Crippen LogP contribution in [0.15, 0.2) is 0 Å². The third kappa shape index (κ3) is 1.72. The van der Waals surface area contributed by atoms with E-state index in [0.717, 1.165) is 6.42 Å². The van der Waals surface area contributed by atoms with Gasteiger partial charge in [-0.25, -0.2) is 0 Å². The van der Waals surface area contributed by atoms with Gasteiger partial charge in [-0.05, 0) is 25.2 Å². The number of nitrogens with zero attached hydrogens (tertiary/aromatic N) is 2. The molecule has 0 aromatic heterocycles. The number of carbonyl (C=O) groups excluding carboxylic acids is 1. The first kappa shape index (κ1) is 10.4. The Hall–Kier alpha value is -1.08. The summed E-state index contributed by atoms with van der Waals surface area (Å²) in [5.41, 5.74) is -0.736. The molecular weight excluding hydrogens is 192 g/mol. The topological polar surface area (TPSA) is 64.3 Å². The molecule has 1 saturated carbocycles. The molecule has 1 saturated heterocycles. The second kappa shape index (κ2) is 3.49. The van der Waals surface area contributed by atoms with Crippen molar-refractivity contribution >= 4 is 5.91 Å². The van der Waals surface area contributed by atoms with Crippen LogP contribution in [0.3, 0.4) is 0 Å². The number of hydrogen-bond acceptors (Lipinski definition) is 3. The monoisotopic (exact) mass is 208 g/mol. The second-order valence-electron chi connectivity index (χ2n) is 4.78. The van der Waals surface area contributed by atoms with Crippen LogP contribution in [-0.2, 0) is 4.79 Å². The van der Waals surface area contributed by atoms with Gasteiger partial charge in [0.05, 0.1) is 12.2 Å². The molecule has 2 fully saturated rings. The zero-order valence-corrected chi connectivity index (χ0v) is 8.94. The van der Waals surface area contributed by atoms with Crippen LogP contribution in [0.2, 0.25) is 0 Å². The van der Waals surface area contributed by atoms with Gasteiger partial charge in [0.25, 0.3) is 0 Å². The van der Waals surface area contributed by atoms with Crippen LogP contribution in [0, 0.1) is 22.7 Å². The fraction of sp³-hybridized carbons (Fsp3) is 0.818. The Balaban J connectivity index is 2.01. The molecule has 2 unspecified atom stereocenters. The van der Waals surface area contributed by atoms with Gasteiger partial charge in [0, 0.05) is 13.1 Å². The highest BCUT2D eigenvalue weighted by atomic mass is 16.3. The van der Waals surface area contributed by atoms with Crippen LogP contribution in [-0.4, -0.2) is 35.1 Å². The number of hydrogen-bond donors (Lipinski definition) is 1. The van der Waals surface area contributed by atoms with E-state index in [0.29, 0.717) is 25.9 Å². The SMILES string of the molecule is CC1CCN(C(=O)C2(C#N)CC2)CC1O. The first-order valence-corrected chi connectivity index (χ1v) is 5.48. The number of aliphatic hydroxyl groups is 1. The maximum Gasteiger partial charge on any atom is 0.243 e. The molecular formula is C11H16N2O2. The first-order valence-electron chi connectivity index (χ1n) is 5.48. The van der Waals surface area contributed by atoms with Crippen molar-refractivity contribution in [2.24, 2.45) is 11.3 Å². The molecule has 82 valence electrons. The van der Waals surface area contributed by atoms with E-state index in [2.05, 4.69) is 6.07 Å². The molecule has 2 atom stereocenters. The maximum absolute atomic E-state index is 12.0. The quantitative estimate of drug-likeness (QED) is 0.683. The summed E-state index contributed by atoms with van der Waals surface area (Å²) >= 11 is 0. The predicted octanol–water partition coefficient (Wildman–Crippen LogP) is 0.519. The van der Waals surface area contributed by atoms with E-state index in [4.69, 9.17) is 5.26 Å². The third-order valence-corrected chi connectivity index (χ3v) is 3.58. The normalized spacial score (nSPS) is 33.3. The molecule has 2 rings (SSSR count). The molecule has 1 aliphatic heterocycles. The lowest BCUT2D eigenvalue weighted by molar-refractivity contribution is -0.139.